The van der Waals surface area contributed by atoms with Gasteiger partial charge < -0.3 is 5.11 Å². The third kappa shape index (κ3) is 1.37. The minimum Gasteiger partial charge on any atom is -0.375 e. The second-order valence-electron chi connectivity index (χ2n) is 5.13. The summed E-state index contributed by atoms with van der Waals surface area (Å²) < 4.78 is 40.0. The number of pyridine rings is 1. The molecule has 1 saturated carbocycles. The van der Waals surface area contributed by atoms with Crippen LogP contribution in [0.15, 0.2) is 12.1 Å². The lowest BCUT2D eigenvalue weighted by Gasteiger charge is -2.42. The highest BCUT2D eigenvalue weighted by atomic mass is 35.5. The highest BCUT2D eigenvalue weighted by Gasteiger charge is 2.73. The SMILES string of the molecule is OC1(C(F)(F)F)c2nc(Cl)ccc2CCC12CC2. The number of fused-ring (bicyclic) bond motifs is 1. The zero-order valence-electron chi connectivity index (χ0n) is 9.39. The molecule has 98 valence electrons. The van der Waals surface area contributed by atoms with E-state index in [0.29, 0.717) is 31.2 Å². The van der Waals surface area contributed by atoms with Crippen LogP contribution in [0.25, 0.3) is 0 Å². The predicted octanol–water partition coefficient (Wildman–Crippen LogP) is 3.21. The fourth-order valence-electron chi connectivity index (χ4n) is 2.98. The minimum atomic E-state index is -4.73. The van der Waals surface area contributed by atoms with Crippen molar-refractivity contribution in [1.29, 1.82) is 0 Å². The molecule has 1 spiro atoms. The van der Waals surface area contributed by atoms with Crippen LogP contribution in [-0.4, -0.2) is 16.3 Å². The number of aromatic nitrogens is 1. The summed E-state index contributed by atoms with van der Waals surface area (Å²) >= 11 is 5.68. The normalized spacial score (nSPS) is 29.2. The lowest BCUT2D eigenvalue weighted by atomic mass is 9.71. The number of aliphatic hydroxyl groups is 1. The summed E-state index contributed by atoms with van der Waals surface area (Å²) in [5, 5.41) is 10.3. The largest absolute Gasteiger partial charge is 0.423 e. The van der Waals surface area contributed by atoms with Gasteiger partial charge in [-0.05, 0) is 37.3 Å². The molecule has 2 nitrogen and oxygen atoms in total. The van der Waals surface area contributed by atoms with Crippen molar-refractivity contribution in [1.82, 2.24) is 4.98 Å². The first-order valence-corrected chi connectivity index (χ1v) is 6.13. The van der Waals surface area contributed by atoms with Gasteiger partial charge in [0, 0.05) is 5.41 Å². The van der Waals surface area contributed by atoms with E-state index in [1.165, 1.54) is 12.1 Å². The van der Waals surface area contributed by atoms with Crippen molar-refractivity contribution >= 4 is 11.6 Å². The number of hydrogen-bond donors (Lipinski definition) is 1. The Morgan fingerprint density at radius 2 is 1.89 bits per heavy atom. The molecule has 1 aromatic heterocycles. The molecule has 0 bridgehead atoms. The summed E-state index contributed by atoms with van der Waals surface area (Å²) in [5.74, 6) is 0. The second-order valence-corrected chi connectivity index (χ2v) is 5.52. The Kier molecular flexibility index (Phi) is 2.31. The number of rotatable bonds is 0. The standard InChI is InChI=1S/C12H11ClF3NO/c13-8-2-1-7-3-4-10(5-6-10)11(18,9(7)17-8)12(14,15)16/h1-2,18H,3-6H2. The van der Waals surface area contributed by atoms with Crippen LogP contribution in [0.4, 0.5) is 13.2 Å². The molecule has 1 atom stereocenters. The fourth-order valence-corrected chi connectivity index (χ4v) is 3.13. The molecule has 1 heterocycles. The fraction of sp³-hybridized carbons (Fsp3) is 0.583. The first-order valence-electron chi connectivity index (χ1n) is 5.75. The lowest BCUT2D eigenvalue weighted by Crippen LogP contribution is -2.53. The third-order valence-corrected chi connectivity index (χ3v) is 4.40. The quantitative estimate of drug-likeness (QED) is 0.739. The predicted molar refractivity (Wildman–Crippen MR) is 59.2 cm³/mol. The van der Waals surface area contributed by atoms with Crippen molar-refractivity contribution in [3.8, 4) is 0 Å². The van der Waals surface area contributed by atoms with Gasteiger partial charge in [0.05, 0.1) is 5.69 Å². The van der Waals surface area contributed by atoms with Gasteiger partial charge in [0.25, 0.3) is 0 Å². The van der Waals surface area contributed by atoms with Gasteiger partial charge in [-0.2, -0.15) is 13.2 Å². The van der Waals surface area contributed by atoms with Crippen LogP contribution in [0, 0.1) is 5.41 Å². The molecule has 3 rings (SSSR count). The van der Waals surface area contributed by atoms with Crippen molar-refractivity contribution < 1.29 is 18.3 Å². The highest BCUT2D eigenvalue weighted by Crippen LogP contribution is 2.68. The molecule has 1 aromatic rings. The summed E-state index contributed by atoms with van der Waals surface area (Å²) in [6, 6.07) is 2.98. The molecule has 0 radical (unpaired) electrons. The molecule has 0 aliphatic heterocycles. The Bertz CT molecular complexity index is 513. The smallest absolute Gasteiger partial charge is 0.375 e. The van der Waals surface area contributed by atoms with Gasteiger partial charge in [-0.25, -0.2) is 4.98 Å². The van der Waals surface area contributed by atoms with Crippen molar-refractivity contribution in [2.24, 2.45) is 5.41 Å². The highest BCUT2D eigenvalue weighted by molar-refractivity contribution is 6.29. The summed E-state index contributed by atoms with van der Waals surface area (Å²) in [5.41, 5.74) is -3.79. The van der Waals surface area contributed by atoms with E-state index in [1.54, 1.807) is 0 Å². The molecular formula is C12H11ClF3NO. The number of aryl methyl sites for hydroxylation is 1. The Morgan fingerprint density at radius 3 is 2.44 bits per heavy atom. The van der Waals surface area contributed by atoms with Crippen LogP contribution < -0.4 is 0 Å². The zero-order valence-corrected chi connectivity index (χ0v) is 10.1. The number of nitrogens with zero attached hydrogens (tertiary/aromatic N) is 1. The molecule has 2 aliphatic carbocycles. The van der Waals surface area contributed by atoms with Crippen molar-refractivity contribution in [3.05, 3.63) is 28.5 Å². The van der Waals surface area contributed by atoms with Gasteiger partial charge in [-0.3, -0.25) is 0 Å². The summed E-state index contributed by atoms with van der Waals surface area (Å²) in [4.78, 5) is 3.76. The summed E-state index contributed by atoms with van der Waals surface area (Å²) in [6.07, 6.45) is -3.10. The van der Waals surface area contributed by atoms with E-state index in [-0.39, 0.29) is 10.8 Å². The Hall–Kier alpha value is -0.810. The van der Waals surface area contributed by atoms with Crippen LogP contribution >= 0.6 is 11.6 Å². The zero-order chi connectivity index (χ0) is 13.2. The molecule has 6 heteroatoms. The molecule has 1 unspecified atom stereocenters. The van der Waals surface area contributed by atoms with Crippen LogP contribution in [0.1, 0.15) is 30.5 Å². The third-order valence-electron chi connectivity index (χ3n) is 4.19. The summed E-state index contributed by atoms with van der Waals surface area (Å²) in [7, 11) is 0. The molecule has 1 fully saturated rings. The van der Waals surface area contributed by atoms with Gasteiger partial charge in [0.1, 0.15) is 5.15 Å². The van der Waals surface area contributed by atoms with Gasteiger partial charge in [0.15, 0.2) is 0 Å². The van der Waals surface area contributed by atoms with Gasteiger partial charge >= 0.3 is 6.18 Å². The molecule has 0 aromatic carbocycles. The molecule has 0 saturated heterocycles. The first kappa shape index (κ1) is 12.2. The number of halogens is 4. The van der Waals surface area contributed by atoms with Crippen LogP contribution in [0.2, 0.25) is 5.15 Å². The maximum atomic E-state index is 13.3. The van der Waals surface area contributed by atoms with E-state index in [0.717, 1.165) is 0 Å². The van der Waals surface area contributed by atoms with Crippen molar-refractivity contribution in [3.63, 3.8) is 0 Å². The summed E-state index contributed by atoms with van der Waals surface area (Å²) in [6.45, 7) is 0. The molecule has 18 heavy (non-hydrogen) atoms. The van der Waals surface area contributed by atoms with E-state index in [2.05, 4.69) is 4.98 Å². The molecule has 2 aliphatic rings. The van der Waals surface area contributed by atoms with Crippen LogP contribution in [0.5, 0.6) is 0 Å². The van der Waals surface area contributed by atoms with E-state index >= 15 is 0 Å². The Morgan fingerprint density at radius 1 is 1.22 bits per heavy atom. The lowest BCUT2D eigenvalue weighted by molar-refractivity contribution is -0.298. The van der Waals surface area contributed by atoms with Gasteiger partial charge in [-0.15, -0.1) is 0 Å². The van der Waals surface area contributed by atoms with Crippen LogP contribution in [-0.2, 0) is 12.0 Å². The van der Waals surface area contributed by atoms with Gasteiger partial charge in [-0.1, -0.05) is 17.7 Å². The Labute approximate surface area is 107 Å². The van der Waals surface area contributed by atoms with Crippen LogP contribution in [0.3, 0.4) is 0 Å². The average molecular weight is 278 g/mol. The molecule has 1 N–H and O–H groups in total. The second kappa shape index (κ2) is 3.39. The topological polar surface area (TPSA) is 33.1 Å². The van der Waals surface area contributed by atoms with Crippen molar-refractivity contribution in [2.75, 3.05) is 0 Å². The first-order chi connectivity index (χ1) is 8.30. The number of alkyl halides is 3. The maximum Gasteiger partial charge on any atom is 0.423 e. The Balaban J connectivity index is 2.24. The van der Waals surface area contributed by atoms with E-state index in [4.69, 9.17) is 11.6 Å². The number of hydrogen-bond acceptors (Lipinski definition) is 2. The minimum absolute atomic E-state index is 0.0193. The van der Waals surface area contributed by atoms with E-state index in [9.17, 15) is 18.3 Å². The molecule has 0 amide bonds. The van der Waals surface area contributed by atoms with E-state index < -0.39 is 17.2 Å². The molecular weight excluding hydrogens is 267 g/mol. The average Bonchev–Trinajstić information content (AvgIpc) is 3.04. The maximum absolute atomic E-state index is 13.3. The van der Waals surface area contributed by atoms with Crippen molar-refractivity contribution in [2.45, 2.75) is 37.5 Å². The van der Waals surface area contributed by atoms with Gasteiger partial charge in [0.2, 0.25) is 5.60 Å². The monoisotopic (exact) mass is 277 g/mol. The van der Waals surface area contributed by atoms with E-state index in [1.807, 2.05) is 0 Å².